The van der Waals surface area contributed by atoms with E-state index in [4.69, 9.17) is 5.11 Å². The van der Waals surface area contributed by atoms with Gasteiger partial charge in [0.1, 0.15) is 0 Å². The van der Waals surface area contributed by atoms with E-state index in [1.54, 1.807) is 0 Å². The number of rotatable bonds is 5. The van der Waals surface area contributed by atoms with Gasteiger partial charge >= 0.3 is 5.97 Å². The summed E-state index contributed by atoms with van der Waals surface area (Å²) in [5.41, 5.74) is 0. The Morgan fingerprint density at radius 3 is 2.73 bits per heavy atom. The molecule has 3 heteroatoms. The molecular weight excluding hydrogens is 192 g/mol. The topological polar surface area (TPSA) is 57.5 Å². The molecule has 0 bridgehead atoms. The van der Waals surface area contributed by atoms with Gasteiger partial charge in [-0.15, -0.1) is 0 Å². The summed E-state index contributed by atoms with van der Waals surface area (Å²) >= 11 is 0. The molecule has 0 saturated heterocycles. The van der Waals surface area contributed by atoms with E-state index in [2.05, 4.69) is 19.1 Å². The highest BCUT2D eigenvalue weighted by molar-refractivity contribution is 5.67. The number of hydrogen-bond donors (Lipinski definition) is 2. The van der Waals surface area contributed by atoms with Crippen LogP contribution in [0, 0.1) is 11.8 Å². The predicted molar refractivity (Wildman–Crippen MR) is 58.5 cm³/mol. The maximum Gasteiger partial charge on any atom is 0.303 e. The Bertz CT molecular complexity index is 235. The zero-order valence-corrected chi connectivity index (χ0v) is 9.22. The third kappa shape index (κ3) is 3.67. The van der Waals surface area contributed by atoms with Gasteiger partial charge in [-0.2, -0.15) is 0 Å². The summed E-state index contributed by atoms with van der Waals surface area (Å²) in [4.78, 5) is 10.6. The smallest absolute Gasteiger partial charge is 0.303 e. The van der Waals surface area contributed by atoms with Crippen LogP contribution in [0.4, 0.5) is 0 Å². The molecule has 0 aromatic carbocycles. The molecule has 0 spiro atoms. The van der Waals surface area contributed by atoms with Crippen LogP contribution in [0.15, 0.2) is 12.2 Å². The number of carboxylic acids is 1. The zero-order valence-electron chi connectivity index (χ0n) is 9.22. The van der Waals surface area contributed by atoms with Crippen LogP contribution < -0.4 is 0 Å². The van der Waals surface area contributed by atoms with Crippen molar-refractivity contribution in [3.05, 3.63) is 12.2 Å². The van der Waals surface area contributed by atoms with E-state index in [1.165, 1.54) is 0 Å². The summed E-state index contributed by atoms with van der Waals surface area (Å²) in [6, 6.07) is 0. The van der Waals surface area contributed by atoms with Crippen molar-refractivity contribution < 1.29 is 15.0 Å². The number of carbonyl (C=O) groups is 1. The molecule has 0 aliphatic heterocycles. The first-order valence-electron chi connectivity index (χ1n) is 5.70. The molecule has 0 aromatic heterocycles. The summed E-state index contributed by atoms with van der Waals surface area (Å²) in [6.07, 6.45) is 7.43. The SMILES string of the molecule is CCC=CC[C@H]1[C@@H](CC(=O)O)CC[C@@H]1O. The van der Waals surface area contributed by atoms with E-state index in [9.17, 15) is 9.90 Å². The van der Waals surface area contributed by atoms with Crippen molar-refractivity contribution in [2.75, 3.05) is 0 Å². The second-order valence-electron chi connectivity index (χ2n) is 4.28. The predicted octanol–water partition coefficient (Wildman–Crippen LogP) is 2.20. The summed E-state index contributed by atoms with van der Waals surface area (Å²) < 4.78 is 0. The first kappa shape index (κ1) is 12.2. The third-order valence-corrected chi connectivity index (χ3v) is 3.18. The van der Waals surface area contributed by atoms with Gasteiger partial charge in [-0.25, -0.2) is 0 Å². The quantitative estimate of drug-likeness (QED) is 0.687. The van der Waals surface area contributed by atoms with Crippen LogP contribution in [0.1, 0.15) is 39.0 Å². The maximum absolute atomic E-state index is 10.6. The zero-order chi connectivity index (χ0) is 11.3. The lowest BCUT2D eigenvalue weighted by Crippen LogP contribution is -2.20. The molecule has 3 nitrogen and oxygen atoms in total. The fourth-order valence-corrected chi connectivity index (χ4v) is 2.37. The van der Waals surface area contributed by atoms with Crippen molar-refractivity contribution >= 4 is 5.97 Å². The van der Waals surface area contributed by atoms with Crippen LogP contribution in [0.3, 0.4) is 0 Å². The molecule has 0 radical (unpaired) electrons. The van der Waals surface area contributed by atoms with Crippen molar-refractivity contribution in [2.45, 2.75) is 45.1 Å². The molecular formula is C12H20O3. The van der Waals surface area contributed by atoms with Crippen molar-refractivity contribution in [1.82, 2.24) is 0 Å². The summed E-state index contributed by atoms with van der Waals surface area (Å²) in [5.74, 6) is -0.457. The lowest BCUT2D eigenvalue weighted by molar-refractivity contribution is -0.138. The number of hydrogen-bond acceptors (Lipinski definition) is 2. The van der Waals surface area contributed by atoms with Crippen LogP contribution in [0.2, 0.25) is 0 Å². The Morgan fingerprint density at radius 1 is 1.40 bits per heavy atom. The van der Waals surface area contributed by atoms with Gasteiger partial charge in [0.05, 0.1) is 6.10 Å². The molecule has 0 unspecified atom stereocenters. The highest BCUT2D eigenvalue weighted by Gasteiger charge is 2.34. The van der Waals surface area contributed by atoms with E-state index >= 15 is 0 Å². The standard InChI is InChI=1S/C12H20O3/c1-2-3-4-5-10-9(8-12(14)15)6-7-11(10)13/h3-4,9-11,13H,2,5-8H2,1H3,(H,14,15)/t9-,10+,11+/m1/s1. The molecule has 3 atom stereocenters. The number of aliphatic hydroxyl groups is 1. The van der Waals surface area contributed by atoms with Gasteiger partial charge in [-0.3, -0.25) is 4.79 Å². The Labute approximate surface area is 90.8 Å². The fourth-order valence-electron chi connectivity index (χ4n) is 2.37. The van der Waals surface area contributed by atoms with Crippen molar-refractivity contribution in [3.63, 3.8) is 0 Å². The van der Waals surface area contributed by atoms with E-state index in [-0.39, 0.29) is 24.4 Å². The summed E-state index contributed by atoms with van der Waals surface area (Å²) in [6.45, 7) is 2.07. The number of aliphatic hydroxyl groups excluding tert-OH is 1. The summed E-state index contributed by atoms with van der Waals surface area (Å²) in [7, 11) is 0. The number of aliphatic carboxylic acids is 1. The average Bonchev–Trinajstić information content (AvgIpc) is 2.49. The van der Waals surface area contributed by atoms with E-state index < -0.39 is 5.97 Å². The molecule has 1 aliphatic carbocycles. The van der Waals surface area contributed by atoms with Crippen LogP contribution in [0.5, 0.6) is 0 Å². The van der Waals surface area contributed by atoms with Crippen LogP contribution in [0.25, 0.3) is 0 Å². The highest BCUT2D eigenvalue weighted by Crippen LogP contribution is 2.36. The monoisotopic (exact) mass is 212 g/mol. The number of allylic oxidation sites excluding steroid dienone is 2. The van der Waals surface area contributed by atoms with E-state index in [0.717, 1.165) is 25.7 Å². The van der Waals surface area contributed by atoms with Crippen LogP contribution in [-0.2, 0) is 4.79 Å². The van der Waals surface area contributed by atoms with Gasteiger partial charge in [-0.1, -0.05) is 19.1 Å². The Kier molecular flexibility index (Phi) is 4.82. The van der Waals surface area contributed by atoms with E-state index in [1.807, 2.05) is 0 Å². The number of carboxylic acid groups (broad SMARTS) is 1. The minimum atomic E-state index is -0.751. The fraction of sp³-hybridized carbons (Fsp3) is 0.750. The second kappa shape index (κ2) is 5.91. The molecule has 1 fully saturated rings. The molecule has 0 amide bonds. The first-order chi connectivity index (χ1) is 7.15. The van der Waals surface area contributed by atoms with Gasteiger partial charge in [0.2, 0.25) is 0 Å². The molecule has 0 aromatic rings. The van der Waals surface area contributed by atoms with Crippen molar-refractivity contribution in [3.8, 4) is 0 Å². The molecule has 1 saturated carbocycles. The molecule has 15 heavy (non-hydrogen) atoms. The van der Waals surface area contributed by atoms with E-state index in [0.29, 0.717) is 0 Å². The highest BCUT2D eigenvalue weighted by atomic mass is 16.4. The van der Waals surface area contributed by atoms with Crippen LogP contribution >= 0.6 is 0 Å². The Hall–Kier alpha value is -0.830. The molecule has 1 aliphatic rings. The minimum Gasteiger partial charge on any atom is -0.481 e. The summed E-state index contributed by atoms with van der Waals surface area (Å²) in [5, 5.41) is 18.5. The van der Waals surface area contributed by atoms with Gasteiger partial charge in [0.15, 0.2) is 0 Å². The second-order valence-corrected chi connectivity index (χ2v) is 4.28. The van der Waals surface area contributed by atoms with Gasteiger partial charge in [0, 0.05) is 6.42 Å². The first-order valence-corrected chi connectivity index (χ1v) is 5.70. The Morgan fingerprint density at radius 2 is 2.13 bits per heavy atom. The van der Waals surface area contributed by atoms with Crippen LogP contribution in [-0.4, -0.2) is 22.3 Å². The minimum absolute atomic E-state index is 0.142. The molecule has 1 rings (SSSR count). The molecule has 86 valence electrons. The van der Waals surface area contributed by atoms with Gasteiger partial charge in [0.25, 0.3) is 0 Å². The Balaban J connectivity index is 2.48. The largest absolute Gasteiger partial charge is 0.481 e. The van der Waals surface area contributed by atoms with Crippen molar-refractivity contribution in [1.29, 1.82) is 0 Å². The lowest BCUT2D eigenvalue weighted by atomic mass is 9.89. The molecule has 0 heterocycles. The normalized spacial score (nSPS) is 31.2. The van der Waals surface area contributed by atoms with Crippen molar-refractivity contribution in [2.24, 2.45) is 11.8 Å². The van der Waals surface area contributed by atoms with Gasteiger partial charge in [-0.05, 0) is 37.5 Å². The van der Waals surface area contributed by atoms with Gasteiger partial charge < -0.3 is 10.2 Å². The average molecular weight is 212 g/mol. The maximum atomic E-state index is 10.6. The lowest BCUT2D eigenvalue weighted by Gasteiger charge is -2.18. The molecule has 2 N–H and O–H groups in total. The third-order valence-electron chi connectivity index (χ3n) is 3.18.